The zero-order valence-electron chi connectivity index (χ0n) is 13.7. The summed E-state index contributed by atoms with van der Waals surface area (Å²) in [6.07, 6.45) is 1.58. The number of hydrogen-bond donors (Lipinski definition) is 2. The fraction of sp³-hybridized carbons (Fsp3) is 0.353. The molecule has 1 aromatic heterocycles. The molecule has 6 heteroatoms. The summed E-state index contributed by atoms with van der Waals surface area (Å²) in [4.78, 5) is 20.6. The minimum Gasteiger partial charge on any atom is -0.496 e. The maximum absolute atomic E-state index is 12.2. The highest BCUT2D eigenvalue weighted by molar-refractivity contribution is 5.92. The molecule has 0 saturated heterocycles. The van der Waals surface area contributed by atoms with Gasteiger partial charge in [0.2, 0.25) is 5.95 Å². The summed E-state index contributed by atoms with van der Waals surface area (Å²) in [6.45, 7) is 5.32. The van der Waals surface area contributed by atoms with E-state index in [-0.39, 0.29) is 5.91 Å². The number of anilines is 1. The third-order valence-electron chi connectivity index (χ3n) is 3.19. The Morgan fingerprint density at radius 3 is 2.78 bits per heavy atom. The van der Waals surface area contributed by atoms with Crippen molar-refractivity contribution in [2.45, 2.75) is 20.4 Å². The molecule has 1 heterocycles. The molecule has 2 N–H and O–H groups in total. The van der Waals surface area contributed by atoms with Crippen molar-refractivity contribution in [3.63, 3.8) is 0 Å². The number of hydrogen-bond acceptors (Lipinski definition) is 5. The summed E-state index contributed by atoms with van der Waals surface area (Å²) in [6, 6.07) is 9.16. The zero-order chi connectivity index (χ0) is 16.7. The number of benzene rings is 1. The van der Waals surface area contributed by atoms with E-state index in [0.29, 0.717) is 24.1 Å². The van der Waals surface area contributed by atoms with Crippen LogP contribution < -0.4 is 15.4 Å². The van der Waals surface area contributed by atoms with Gasteiger partial charge in [0, 0.05) is 24.8 Å². The van der Waals surface area contributed by atoms with Crippen LogP contribution in [0.25, 0.3) is 0 Å². The third kappa shape index (κ3) is 4.95. The normalized spacial score (nSPS) is 10.4. The van der Waals surface area contributed by atoms with Gasteiger partial charge in [-0.1, -0.05) is 32.0 Å². The molecule has 0 atom stereocenters. The van der Waals surface area contributed by atoms with Gasteiger partial charge in [0.15, 0.2) is 0 Å². The number of carbonyl (C=O) groups excluding carboxylic acids is 1. The van der Waals surface area contributed by atoms with Crippen molar-refractivity contribution in [3.05, 3.63) is 47.8 Å². The molecule has 1 amide bonds. The number of methoxy groups -OCH3 is 1. The summed E-state index contributed by atoms with van der Waals surface area (Å²) in [5, 5.41) is 5.95. The predicted octanol–water partition coefficient (Wildman–Crippen LogP) is 2.48. The number of nitrogens with zero attached hydrogens (tertiary/aromatic N) is 2. The van der Waals surface area contributed by atoms with Gasteiger partial charge in [-0.25, -0.2) is 9.97 Å². The molecule has 2 aromatic rings. The molecular weight excluding hydrogens is 292 g/mol. The number of rotatable bonds is 7. The molecule has 23 heavy (non-hydrogen) atoms. The fourth-order valence-electron chi connectivity index (χ4n) is 1.98. The highest BCUT2D eigenvalue weighted by Crippen LogP contribution is 2.16. The van der Waals surface area contributed by atoms with Crippen LogP contribution >= 0.6 is 0 Å². The van der Waals surface area contributed by atoms with Gasteiger partial charge in [0.05, 0.1) is 7.11 Å². The maximum atomic E-state index is 12.2. The van der Waals surface area contributed by atoms with Crippen molar-refractivity contribution in [3.8, 4) is 5.75 Å². The maximum Gasteiger partial charge on any atom is 0.270 e. The van der Waals surface area contributed by atoms with Crippen LogP contribution in [0.2, 0.25) is 0 Å². The number of para-hydroxylation sites is 1. The smallest absolute Gasteiger partial charge is 0.270 e. The molecule has 122 valence electrons. The summed E-state index contributed by atoms with van der Waals surface area (Å²) in [7, 11) is 1.61. The Kier molecular flexibility index (Phi) is 5.91. The van der Waals surface area contributed by atoms with Gasteiger partial charge in [-0.15, -0.1) is 0 Å². The minimum absolute atomic E-state index is 0.245. The molecule has 1 aromatic carbocycles. The molecule has 0 fully saturated rings. The molecule has 0 aliphatic carbocycles. The molecule has 0 radical (unpaired) electrons. The van der Waals surface area contributed by atoms with Gasteiger partial charge in [0.1, 0.15) is 11.4 Å². The van der Waals surface area contributed by atoms with Crippen LogP contribution in [0, 0.1) is 5.92 Å². The van der Waals surface area contributed by atoms with E-state index in [0.717, 1.165) is 17.9 Å². The Morgan fingerprint density at radius 1 is 1.26 bits per heavy atom. The molecule has 0 spiro atoms. The zero-order valence-corrected chi connectivity index (χ0v) is 13.7. The summed E-state index contributed by atoms with van der Waals surface area (Å²) in [5.41, 5.74) is 1.25. The Bertz CT molecular complexity index is 659. The average Bonchev–Trinajstić information content (AvgIpc) is 2.58. The lowest BCUT2D eigenvalue weighted by Crippen LogP contribution is -2.24. The fourth-order valence-corrected chi connectivity index (χ4v) is 1.98. The Balaban J connectivity index is 1.99. The van der Waals surface area contributed by atoms with E-state index in [9.17, 15) is 4.79 Å². The third-order valence-corrected chi connectivity index (χ3v) is 3.19. The first-order valence-electron chi connectivity index (χ1n) is 7.57. The molecule has 0 bridgehead atoms. The molecular formula is C17H22N4O2. The first-order valence-corrected chi connectivity index (χ1v) is 7.57. The van der Waals surface area contributed by atoms with E-state index < -0.39 is 0 Å². The standard InChI is InChI=1S/C17H22N4O2/c1-12(2)10-20-17-18-9-8-14(21-17)16(22)19-11-13-6-4-5-7-15(13)23-3/h4-9,12H,10-11H2,1-3H3,(H,19,22)(H,18,20,21). The summed E-state index contributed by atoms with van der Waals surface area (Å²) < 4.78 is 5.27. The summed E-state index contributed by atoms with van der Waals surface area (Å²) >= 11 is 0. The van der Waals surface area contributed by atoms with Gasteiger partial charge in [-0.05, 0) is 18.1 Å². The average molecular weight is 314 g/mol. The van der Waals surface area contributed by atoms with Crippen LogP contribution in [0.5, 0.6) is 5.75 Å². The SMILES string of the molecule is COc1ccccc1CNC(=O)c1ccnc(NCC(C)C)n1. The Labute approximate surface area is 136 Å². The largest absolute Gasteiger partial charge is 0.496 e. The first kappa shape index (κ1) is 16.7. The quantitative estimate of drug-likeness (QED) is 0.821. The second kappa shape index (κ2) is 8.12. The highest BCUT2D eigenvalue weighted by atomic mass is 16.5. The predicted molar refractivity (Wildman–Crippen MR) is 89.5 cm³/mol. The van der Waals surface area contributed by atoms with Crippen molar-refractivity contribution < 1.29 is 9.53 Å². The van der Waals surface area contributed by atoms with Gasteiger partial charge >= 0.3 is 0 Å². The van der Waals surface area contributed by atoms with E-state index >= 15 is 0 Å². The Morgan fingerprint density at radius 2 is 2.04 bits per heavy atom. The van der Waals surface area contributed by atoms with E-state index in [1.807, 2.05) is 24.3 Å². The van der Waals surface area contributed by atoms with Gasteiger partial charge in [0.25, 0.3) is 5.91 Å². The molecule has 0 aliphatic rings. The van der Waals surface area contributed by atoms with Crippen molar-refractivity contribution in [1.29, 1.82) is 0 Å². The van der Waals surface area contributed by atoms with Crippen LogP contribution in [-0.4, -0.2) is 29.5 Å². The summed E-state index contributed by atoms with van der Waals surface area (Å²) in [5.74, 6) is 1.44. The van der Waals surface area contributed by atoms with Crippen molar-refractivity contribution in [1.82, 2.24) is 15.3 Å². The minimum atomic E-state index is -0.245. The molecule has 0 saturated carbocycles. The first-order chi connectivity index (χ1) is 11.1. The van der Waals surface area contributed by atoms with Crippen molar-refractivity contribution in [2.24, 2.45) is 5.92 Å². The van der Waals surface area contributed by atoms with Gasteiger partial charge in [-0.3, -0.25) is 4.79 Å². The number of ether oxygens (including phenoxy) is 1. The van der Waals surface area contributed by atoms with Crippen LogP contribution in [0.1, 0.15) is 29.9 Å². The van der Waals surface area contributed by atoms with E-state index in [1.165, 1.54) is 0 Å². The van der Waals surface area contributed by atoms with Crippen LogP contribution in [0.15, 0.2) is 36.5 Å². The second-order valence-electron chi connectivity index (χ2n) is 5.53. The number of carbonyl (C=O) groups is 1. The van der Waals surface area contributed by atoms with Crippen molar-refractivity contribution >= 4 is 11.9 Å². The number of amides is 1. The molecule has 6 nitrogen and oxygen atoms in total. The monoisotopic (exact) mass is 314 g/mol. The second-order valence-corrected chi connectivity index (χ2v) is 5.53. The van der Waals surface area contributed by atoms with Gasteiger partial charge < -0.3 is 15.4 Å². The van der Waals surface area contributed by atoms with E-state index in [4.69, 9.17) is 4.74 Å². The van der Waals surface area contributed by atoms with E-state index in [2.05, 4.69) is 34.4 Å². The highest BCUT2D eigenvalue weighted by Gasteiger charge is 2.10. The molecule has 2 rings (SSSR count). The van der Waals surface area contributed by atoms with Crippen LogP contribution in [0.4, 0.5) is 5.95 Å². The number of nitrogens with one attached hydrogen (secondary N) is 2. The van der Waals surface area contributed by atoms with Crippen LogP contribution in [-0.2, 0) is 6.54 Å². The van der Waals surface area contributed by atoms with Crippen molar-refractivity contribution in [2.75, 3.05) is 19.0 Å². The molecule has 0 unspecified atom stereocenters. The Hall–Kier alpha value is -2.63. The lowest BCUT2D eigenvalue weighted by atomic mass is 10.2. The van der Waals surface area contributed by atoms with E-state index in [1.54, 1.807) is 19.4 Å². The lowest BCUT2D eigenvalue weighted by molar-refractivity contribution is 0.0945. The topological polar surface area (TPSA) is 76.1 Å². The molecule has 0 aliphatic heterocycles. The van der Waals surface area contributed by atoms with Gasteiger partial charge in [-0.2, -0.15) is 0 Å². The van der Waals surface area contributed by atoms with Crippen LogP contribution in [0.3, 0.4) is 0 Å². The lowest BCUT2D eigenvalue weighted by Gasteiger charge is -2.10. The number of aromatic nitrogens is 2.